The van der Waals surface area contributed by atoms with Crippen LogP contribution >= 0.6 is 0 Å². The first-order valence-corrected chi connectivity index (χ1v) is 5.47. The van der Waals surface area contributed by atoms with Crippen molar-refractivity contribution in [2.75, 3.05) is 0 Å². The Morgan fingerprint density at radius 2 is 1.62 bits per heavy atom. The van der Waals surface area contributed by atoms with E-state index in [9.17, 15) is 22.0 Å². The highest BCUT2D eigenvalue weighted by atomic mass is 19.3. The van der Waals surface area contributed by atoms with E-state index < -0.39 is 30.7 Å². The van der Waals surface area contributed by atoms with Crippen LogP contribution in [0, 0.1) is 5.82 Å². The zero-order valence-corrected chi connectivity index (χ0v) is 10.1. The van der Waals surface area contributed by atoms with Crippen molar-refractivity contribution in [2.24, 2.45) is 0 Å². The van der Waals surface area contributed by atoms with Gasteiger partial charge in [0.05, 0.1) is 18.1 Å². The SMILES string of the molecule is Fc1ccc(-c2cnc(OC(F)F)cn2)c(OC(F)F)c1. The number of benzene rings is 1. The summed E-state index contributed by atoms with van der Waals surface area (Å²) < 4.78 is 69.7. The fourth-order valence-corrected chi connectivity index (χ4v) is 1.51. The summed E-state index contributed by atoms with van der Waals surface area (Å²) in [5, 5.41) is 0. The summed E-state index contributed by atoms with van der Waals surface area (Å²) in [4.78, 5) is 7.27. The van der Waals surface area contributed by atoms with Crippen molar-refractivity contribution >= 4 is 0 Å². The molecule has 0 saturated carbocycles. The van der Waals surface area contributed by atoms with Gasteiger partial charge in [0.15, 0.2) is 0 Å². The molecule has 2 aromatic rings. The molecule has 0 aliphatic carbocycles. The maximum Gasteiger partial charge on any atom is 0.388 e. The van der Waals surface area contributed by atoms with Crippen LogP contribution in [-0.4, -0.2) is 23.2 Å². The molecule has 2 rings (SSSR count). The molecule has 0 aliphatic rings. The van der Waals surface area contributed by atoms with Gasteiger partial charge in [-0.2, -0.15) is 17.6 Å². The second-order valence-electron chi connectivity index (χ2n) is 3.64. The van der Waals surface area contributed by atoms with Crippen molar-refractivity contribution in [1.82, 2.24) is 9.97 Å². The highest BCUT2D eigenvalue weighted by molar-refractivity contribution is 5.66. The molecule has 0 unspecified atom stereocenters. The van der Waals surface area contributed by atoms with Gasteiger partial charge in [-0.25, -0.2) is 14.4 Å². The van der Waals surface area contributed by atoms with Gasteiger partial charge in [0.1, 0.15) is 11.6 Å². The summed E-state index contributed by atoms with van der Waals surface area (Å²) in [7, 11) is 0. The van der Waals surface area contributed by atoms with E-state index in [1.54, 1.807) is 0 Å². The Balaban J connectivity index is 2.32. The molecule has 21 heavy (non-hydrogen) atoms. The third kappa shape index (κ3) is 4.01. The normalized spacial score (nSPS) is 11.0. The first-order chi connectivity index (χ1) is 9.95. The van der Waals surface area contributed by atoms with Gasteiger partial charge < -0.3 is 9.47 Å². The molecule has 0 bridgehead atoms. The number of alkyl halides is 4. The Morgan fingerprint density at radius 3 is 2.19 bits per heavy atom. The summed E-state index contributed by atoms with van der Waals surface area (Å²) in [6.45, 7) is -6.21. The molecule has 0 radical (unpaired) electrons. The lowest BCUT2D eigenvalue weighted by Crippen LogP contribution is -2.05. The summed E-state index contributed by atoms with van der Waals surface area (Å²) in [5.74, 6) is -1.66. The molecule has 4 nitrogen and oxygen atoms in total. The Hall–Kier alpha value is -2.45. The van der Waals surface area contributed by atoms with Gasteiger partial charge in [0.25, 0.3) is 0 Å². The van der Waals surface area contributed by atoms with Gasteiger partial charge in [-0.05, 0) is 12.1 Å². The highest BCUT2D eigenvalue weighted by Crippen LogP contribution is 2.30. The number of hydrogen-bond acceptors (Lipinski definition) is 4. The fourth-order valence-electron chi connectivity index (χ4n) is 1.51. The Labute approximate surface area is 115 Å². The van der Waals surface area contributed by atoms with Gasteiger partial charge in [0, 0.05) is 11.6 Å². The van der Waals surface area contributed by atoms with Crippen LogP contribution in [0.4, 0.5) is 22.0 Å². The molecular weight excluding hydrogens is 299 g/mol. The van der Waals surface area contributed by atoms with Crippen LogP contribution in [0.3, 0.4) is 0 Å². The largest absolute Gasteiger partial charge is 0.434 e. The van der Waals surface area contributed by atoms with Gasteiger partial charge in [-0.1, -0.05) is 0 Å². The minimum Gasteiger partial charge on any atom is -0.434 e. The molecule has 0 amide bonds. The standard InChI is InChI=1S/C12H7F5N2O2/c13-6-1-2-7(9(3-6)20-11(14)15)8-4-19-10(5-18-8)21-12(16)17/h1-5,11-12H. The van der Waals surface area contributed by atoms with Crippen molar-refractivity contribution in [3.63, 3.8) is 0 Å². The van der Waals surface area contributed by atoms with E-state index in [2.05, 4.69) is 19.4 Å². The molecule has 0 atom stereocenters. The van der Waals surface area contributed by atoms with Crippen molar-refractivity contribution in [1.29, 1.82) is 0 Å². The topological polar surface area (TPSA) is 44.2 Å². The maximum absolute atomic E-state index is 13.1. The lowest BCUT2D eigenvalue weighted by Gasteiger charge is -2.10. The van der Waals surface area contributed by atoms with E-state index in [1.165, 1.54) is 0 Å². The monoisotopic (exact) mass is 306 g/mol. The molecule has 1 heterocycles. The molecular formula is C12H7F5N2O2. The molecule has 0 aliphatic heterocycles. The smallest absolute Gasteiger partial charge is 0.388 e. The fraction of sp³-hybridized carbons (Fsp3) is 0.167. The van der Waals surface area contributed by atoms with Crippen LogP contribution < -0.4 is 9.47 Å². The number of halogens is 5. The van der Waals surface area contributed by atoms with E-state index in [-0.39, 0.29) is 11.3 Å². The van der Waals surface area contributed by atoms with Crippen molar-refractivity contribution in [3.8, 4) is 22.9 Å². The third-order valence-corrected chi connectivity index (χ3v) is 2.27. The van der Waals surface area contributed by atoms with E-state index in [1.807, 2.05) is 0 Å². The number of nitrogens with zero attached hydrogens (tertiary/aromatic N) is 2. The second kappa shape index (κ2) is 6.33. The van der Waals surface area contributed by atoms with Gasteiger partial charge in [-0.3, -0.25) is 0 Å². The number of rotatable bonds is 5. The predicted molar refractivity (Wildman–Crippen MR) is 60.7 cm³/mol. The van der Waals surface area contributed by atoms with E-state index in [0.29, 0.717) is 0 Å². The second-order valence-corrected chi connectivity index (χ2v) is 3.64. The van der Waals surface area contributed by atoms with Gasteiger partial charge in [0.2, 0.25) is 5.88 Å². The van der Waals surface area contributed by atoms with Gasteiger partial charge >= 0.3 is 13.2 Å². The molecule has 0 fully saturated rings. The quantitative estimate of drug-likeness (QED) is 0.793. The number of ether oxygens (including phenoxy) is 2. The summed E-state index contributed by atoms with van der Waals surface area (Å²) in [5.41, 5.74) is 0.0695. The lowest BCUT2D eigenvalue weighted by atomic mass is 10.1. The van der Waals surface area contributed by atoms with Gasteiger partial charge in [-0.15, -0.1) is 0 Å². The molecule has 0 N–H and O–H groups in total. The zero-order chi connectivity index (χ0) is 15.4. The molecule has 112 valence electrons. The third-order valence-electron chi connectivity index (χ3n) is 2.27. The zero-order valence-electron chi connectivity index (χ0n) is 10.1. The predicted octanol–water partition coefficient (Wildman–Crippen LogP) is 3.49. The average Bonchev–Trinajstić information content (AvgIpc) is 2.39. The Kier molecular flexibility index (Phi) is 4.51. The summed E-state index contributed by atoms with van der Waals surface area (Å²) in [6.07, 6.45) is 1.90. The lowest BCUT2D eigenvalue weighted by molar-refractivity contribution is -0.0533. The maximum atomic E-state index is 13.1. The minimum absolute atomic E-state index is 0.0345. The van der Waals surface area contributed by atoms with Crippen molar-refractivity contribution in [3.05, 3.63) is 36.4 Å². The molecule has 9 heteroatoms. The summed E-state index contributed by atoms with van der Waals surface area (Å²) >= 11 is 0. The number of hydrogen-bond donors (Lipinski definition) is 0. The first-order valence-electron chi connectivity index (χ1n) is 5.47. The summed E-state index contributed by atoms with van der Waals surface area (Å²) in [6, 6.07) is 2.93. The minimum atomic E-state index is -3.15. The van der Waals surface area contributed by atoms with Crippen LogP contribution in [-0.2, 0) is 0 Å². The van der Waals surface area contributed by atoms with E-state index in [0.717, 1.165) is 30.6 Å². The molecule has 0 saturated heterocycles. The number of aromatic nitrogens is 2. The van der Waals surface area contributed by atoms with Crippen molar-refractivity contribution in [2.45, 2.75) is 13.2 Å². The molecule has 0 spiro atoms. The van der Waals surface area contributed by atoms with Crippen molar-refractivity contribution < 1.29 is 31.4 Å². The van der Waals surface area contributed by atoms with E-state index >= 15 is 0 Å². The highest BCUT2D eigenvalue weighted by Gasteiger charge is 2.14. The van der Waals surface area contributed by atoms with Crippen LogP contribution in [0.5, 0.6) is 11.6 Å². The Bertz CT molecular complexity index is 607. The van der Waals surface area contributed by atoms with E-state index in [4.69, 9.17) is 0 Å². The first kappa shape index (κ1) is 14.9. The molecule has 1 aromatic carbocycles. The van der Waals surface area contributed by atoms with Crippen LogP contribution in [0.1, 0.15) is 0 Å². The van der Waals surface area contributed by atoms with Crippen LogP contribution in [0.25, 0.3) is 11.3 Å². The Morgan fingerprint density at radius 1 is 0.905 bits per heavy atom. The molecule has 1 aromatic heterocycles. The van der Waals surface area contributed by atoms with Crippen LogP contribution in [0.15, 0.2) is 30.6 Å². The van der Waals surface area contributed by atoms with Crippen LogP contribution in [0.2, 0.25) is 0 Å². The average molecular weight is 306 g/mol.